The van der Waals surface area contributed by atoms with Gasteiger partial charge in [0.25, 0.3) is 0 Å². The second-order valence-corrected chi connectivity index (χ2v) is 6.41. The third kappa shape index (κ3) is 4.10. The maximum Gasteiger partial charge on any atom is 0.0302 e. The maximum atomic E-state index is 3.52. The summed E-state index contributed by atoms with van der Waals surface area (Å²) in [6.45, 7) is 5.33. The molecule has 0 aliphatic carbocycles. The molecule has 1 nitrogen and oxygen atoms in total. The van der Waals surface area contributed by atoms with E-state index in [1.807, 2.05) is 11.8 Å². The number of rotatable bonds is 5. The van der Waals surface area contributed by atoms with Crippen LogP contribution in [0.2, 0.25) is 0 Å². The summed E-state index contributed by atoms with van der Waals surface area (Å²) >= 11 is 5.33. The SMILES string of the molecule is CCNC(C)c1ccccc1Sc1cccc(Br)c1. The minimum Gasteiger partial charge on any atom is -0.310 e. The number of halogens is 1. The predicted molar refractivity (Wildman–Crippen MR) is 86.8 cm³/mol. The van der Waals surface area contributed by atoms with E-state index in [9.17, 15) is 0 Å². The zero-order valence-corrected chi connectivity index (χ0v) is 13.6. The van der Waals surface area contributed by atoms with Crippen LogP contribution in [0.15, 0.2) is 62.8 Å². The highest BCUT2D eigenvalue weighted by molar-refractivity contribution is 9.10. The zero-order valence-electron chi connectivity index (χ0n) is 11.2. The van der Waals surface area contributed by atoms with Gasteiger partial charge in [0.05, 0.1) is 0 Å². The van der Waals surface area contributed by atoms with Crippen molar-refractivity contribution in [1.82, 2.24) is 5.32 Å². The Labute approximate surface area is 127 Å². The van der Waals surface area contributed by atoms with Crippen molar-refractivity contribution in [2.75, 3.05) is 6.54 Å². The number of hydrogen-bond acceptors (Lipinski definition) is 2. The Balaban J connectivity index is 2.25. The van der Waals surface area contributed by atoms with Gasteiger partial charge < -0.3 is 5.32 Å². The first-order valence-electron chi connectivity index (χ1n) is 6.46. The van der Waals surface area contributed by atoms with Gasteiger partial charge in [0.15, 0.2) is 0 Å². The van der Waals surface area contributed by atoms with Crippen LogP contribution in [0.3, 0.4) is 0 Å². The molecular weight excluding hydrogens is 318 g/mol. The third-order valence-electron chi connectivity index (χ3n) is 2.92. The Bertz CT molecular complexity index is 542. The van der Waals surface area contributed by atoms with E-state index in [0.29, 0.717) is 6.04 Å². The van der Waals surface area contributed by atoms with Gasteiger partial charge in [0.2, 0.25) is 0 Å². The molecule has 0 bridgehead atoms. The second-order valence-electron chi connectivity index (χ2n) is 4.38. The summed E-state index contributed by atoms with van der Waals surface area (Å²) in [6, 6.07) is 17.4. The summed E-state index contributed by atoms with van der Waals surface area (Å²) in [6.07, 6.45) is 0. The molecule has 2 aromatic rings. The lowest BCUT2D eigenvalue weighted by Crippen LogP contribution is -2.18. The molecule has 0 aromatic heterocycles. The lowest BCUT2D eigenvalue weighted by atomic mass is 10.1. The van der Waals surface area contributed by atoms with Gasteiger partial charge in [-0.3, -0.25) is 0 Å². The molecule has 1 unspecified atom stereocenters. The molecule has 1 atom stereocenters. The average molecular weight is 336 g/mol. The summed E-state index contributed by atoms with van der Waals surface area (Å²) in [5.74, 6) is 0. The Morgan fingerprint density at radius 1 is 1.16 bits per heavy atom. The molecule has 0 aliphatic rings. The van der Waals surface area contributed by atoms with Gasteiger partial charge in [-0.25, -0.2) is 0 Å². The van der Waals surface area contributed by atoms with Gasteiger partial charge in [0.1, 0.15) is 0 Å². The summed E-state index contributed by atoms with van der Waals surface area (Å²) in [4.78, 5) is 2.57. The Hall–Kier alpha value is -0.770. The molecule has 100 valence electrons. The van der Waals surface area contributed by atoms with E-state index in [4.69, 9.17) is 0 Å². The van der Waals surface area contributed by atoms with Crippen LogP contribution in [-0.4, -0.2) is 6.54 Å². The van der Waals surface area contributed by atoms with Gasteiger partial charge in [0, 0.05) is 20.3 Å². The quantitative estimate of drug-likeness (QED) is 0.798. The third-order valence-corrected chi connectivity index (χ3v) is 4.49. The molecule has 0 saturated heterocycles. The molecule has 3 heteroatoms. The van der Waals surface area contributed by atoms with Crippen LogP contribution < -0.4 is 5.32 Å². The first kappa shape index (κ1) is 14.6. The van der Waals surface area contributed by atoms with E-state index in [2.05, 4.69) is 83.6 Å². The fraction of sp³-hybridized carbons (Fsp3) is 0.250. The largest absolute Gasteiger partial charge is 0.310 e. The summed E-state index contributed by atoms with van der Waals surface area (Å²) in [5, 5.41) is 3.48. The molecule has 0 saturated carbocycles. The molecule has 2 aromatic carbocycles. The van der Waals surface area contributed by atoms with Crippen LogP contribution >= 0.6 is 27.7 Å². The van der Waals surface area contributed by atoms with Gasteiger partial charge in [-0.2, -0.15) is 0 Å². The topological polar surface area (TPSA) is 12.0 Å². The van der Waals surface area contributed by atoms with Crippen molar-refractivity contribution in [2.45, 2.75) is 29.7 Å². The van der Waals surface area contributed by atoms with E-state index in [1.54, 1.807) is 0 Å². The van der Waals surface area contributed by atoms with Gasteiger partial charge in [-0.15, -0.1) is 0 Å². The van der Waals surface area contributed by atoms with Crippen LogP contribution in [0.25, 0.3) is 0 Å². The standard InChI is InChI=1S/C16H18BrNS/c1-3-18-12(2)15-9-4-5-10-16(15)19-14-8-6-7-13(17)11-14/h4-12,18H,3H2,1-2H3. The van der Waals surface area contributed by atoms with E-state index in [1.165, 1.54) is 15.4 Å². The lowest BCUT2D eigenvalue weighted by Gasteiger charge is -2.16. The minimum atomic E-state index is 0.376. The monoisotopic (exact) mass is 335 g/mol. The fourth-order valence-electron chi connectivity index (χ4n) is 2.00. The molecule has 0 heterocycles. The maximum absolute atomic E-state index is 3.52. The van der Waals surface area contributed by atoms with Crippen LogP contribution in [-0.2, 0) is 0 Å². The normalized spacial score (nSPS) is 12.4. The van der Waals surface area contributed by atoms with Crippen LogP contribution in [0.1, 0.15) is 25.5 Å². The van der Waals surface area contributed by atoms with Crippen molar-refractivity contribution in [2.24, 2.45) is 0 Å². The van der Waals surface area contributed by atoms with Gasteiger partial charge in [-0.05, 0) is 43.3 Å². The van der Waals surface area contributed by atoms with E-state index in [0.717, 1.165) is 11.0 Å². The molecule has 2 rings (SSSR count). The molecule has 0 amide bonds. The first-order valence-corrected chi connectivity index (χ1v) is 8.07. The van der Waals surface area contributed by atoms with Crippen LogP contribution in [0, 0.1) is 0 Å². The predicted octanol–water partition coefficient (Wildman–Crippen LogP) is 5.27. The summed E-state index contributed by atoms with van der Waals surface area (Å²) < 4.78 is 1.12. The Morgan fingerprint density at radius 2 is 1.95 bits per heavy atom. The smallest absolute Gasteiger partial charge is 0.0302 e. The number of benzene rings is 2. The van der Waals surface area contributed by atoms with E-state index in [-0.39, 0.29) is 0 Å². The van der Waals surface area contributed by atoms with E-state index < -0.39 is 0 Å². The summed E-state index contributed by atoms with van der Waals surface area (Å²) in [5.41, 5.74) is 1.36. The zero-order chi connectivity index (χ0) is 13.7. The van der Waals surface area contributed by atoms with Crippen molar-refractivity contribution in [1.29, 1.82) is 0 Å². The second kappa shape index (κ2) is 7.13. The van der Waals surface area contributed by atoms with Crippen molar-refractivity contribution >= 4 is 27.7 Å². The highest BCUT2D eigenvalue weighted by Gasteiger charge is 2.10. The molecular formula is C16H18BrNS. The van der Waals surface area contributed by atoms with Crippen LogP contribution in [0.5, 0.6) is 0 Å². The van der Waals surface area contributed by atoms with Crippen molar-refractivity contribution in [3.05, 3.63) is 58.6 Å². The number of hydrogen-bond donors (Lipinski definition) is 1. The van der Waals surface area contributed by atoms with Gasteiger partial charge >= 0.3 is 0 Å². The summed E-state index contributed by atoms with van der Waals surface area (Å²) in [7, 11) is 0. The molecule has 0 fully saturated rings. The minimum absolute atomic E-state index is 0.376. The average Bonchev–Trinajstić information content (AvgIpc) is 2.39. The first-order chi connectivity index (χ1) is 9.20. The Kier molecular flexibility index (Phi) is 5.49. The highest BCUT2D eigenvalue weighted by atomic mass is 79.9. The molecule has 1 N–H and O–H groups in total. The van der Waals surface area contributed by atoms with E-state index >= 15 is 0 Å². The molecule has 19 heavy (non-hydrogen) atoms. The lowest BCUT2D eigenvalue weighted by molar-refractivity contribution is 0.590. The number of nitrogens with one attached hydrogen (secondary N) is 1. The van der Waals surface area contributed by atoms with Crippen molar-refractivity contribution in [3.8, 4) is 0 Å². The van der Waals surface area contributed by atoms with Crippen molar-refractivity contribution < 1.29 is 0 Å². The Morgan fingerprint density at radius 3 is 2.68 bits per heavy atom. The fourth-order valence-corrected chi connectivity index (χ4v) is 3.65. The molecule has 0 aliphatic heterocycles. The molecule has 0 radical (unpaired) electrons. The van der Waals surface area contributed by atoms with Gasteiger partial charge in [-0.1, -0.05) is 58.9 Å². The molecule has 0 spiro atoms. The highest BCUT2D eigenvalue weighted by Crippen LogP contribution is 2.34. The van der Waals surface area contributed by atoms with Crippen molar-refractivity contribution in [3.63, 3.8) is 0 Å². The van der Waals surface area contributed by atoms with Crippen LogP contribution in [0.4, 0.5) is 0 Å².